The average Bonchev–Trinajstić information content (AvgIpc) is 3.22. The maximum Gasteiger partial charge on any atom is 0.239 e. The Hall–Kier alpha value is -0.610. The summed E-state index contributed by atoms with van der Waals surface area (Å²) >= 11 is 0. The van der Waals surface area contributed by atoms with Gasteiger partial charge in [0.1, 0.15) is 0 Å². The molecule has 4 nitrogen and oxygen atoms in total. The summed E-state index contributed by atoms with van der Waals surface area (Å²) in [5.41, 5.74) is 5.94. The van der Waals surface area contributed by atoms with E-state index in [-0.39, 0.29) is 17.9 Å². The van der Waals surface area contributed by atoms with Gasteiger partial charge in [0.25, 0.3) is 0 Å². The van der Waals surface area contributed by atoms with E-state index in [1.807, 2.05) is 18.7 Å². The maximum absolute atomic E-state index is 12.1. The fourth-order valence-corrected chi connectivity index (χ4v) is 2.67. The van der Waals surface area contributed by atoms with Crippen LogP contribution in [0.25, 0.3) is 0 Å². The summed E-state index contributed by atoms with van der Waals surface area (Å²) in [6, 6.07) is -0.329. The molecular formula is C15H29N3O. The first-order chi connectivity index (χ1) is 9.08. The lowest BCUT2D eigenvalue weighted by atomic mass is 9.95. The van der Waals surface area contributed by atoms with Gasteiger partial charge in [-0.15, -0.1) is 0 Å². The Kier molecular flexibility index (Phi) is 5.22. The van der Waals surface area contributed by atoms with E-state index in [9.17, 15) is 4.79 Å². The Labute approximate surface area is 117 Å². The van der Waals surface area contributed by atoms with E-state index in [1.54, 1.807) is 0 Å². The number of hydrogen-bond acceptors (Lipinski definition) is 3. The molecule has 2 fully saturated rings. The number of nitrogens with zero attached hydrogens (tertiary/aromatic N) is 1. The van der Waals surface area contributed by atoms with Crippen LogP contribution in [0.3, 0.4) is 0 Å². The standard InChI is InChI=1S/C15H29N3O/c1-11(2)14(16)15(19)18-7-5-13(6-8-18)10-17-9-12-3-4-12/h11-14,17H,3-10,16H2,1-2H3/t14-/m0/s1. The predicted octanol–water partition coefficient (Wildman–Crippen LogP) is 1.21. The minimum absolute atomic E-state index is 0.138. The van der Waals surface area contributed by atoms with Gasteiger partial charge >= 0.3 is 0 Å². The number of nitrogens with one attached hydrogen (secondary N) is 1. The molecule has 4 heteroatoms. The molecule has 1 aliphatic heterocycles. The summed E-state index contributed by atoms with van der Waals surface area (Å²) in [5, 5.41) is 3.57. The van der Waals surface area contributed by atoms with Crippen molar-refractivity contribution in [3.05, 3.63) is 0 Å². The molecule has 2 aliphatic rings. The lowest BCUT2D eigenvalue weighted by Gasteiger charge is -2.34. The predicted molar refractivity (Wildman–Crippen MR) is 77.7 cm³/mol. The highest BCUT2D eigenvalue weighted by Crippen LogP contribution is 2.27. The number of nitrogens with two attached hydrogens (primary N) is 1. The average molecular weight is 267 g/mol. The van der Waals surface area contributed by atoms with Crippen molar-refractivity contribution in [2.75, 3.05) is 26.2 Å². The smallest absolute Gasteiger partial charge is 0.239 e. The first-order valence-corrected chi connectivity index (χ1v) is 7.83. The minimum atomic E-state index is -0.329. The van der Waals surface area contributed by atoms with Crippen molar-refractivity contribution in [1.82, 2.24) is 10.2 Å². The van der Waals surface area contributed by atoms with Gasteiger partial charge in [-0.1, -0.05) is 13.8 Å². The largest absolute Gasteiger partial charge is 0.341 e. The third kappa shape index (κ3) is 4.46. The Morgan fingerprint density at radius 3 is 2.16 bits per heavy atom. The van der Waals surface area contributed by atoms with Crippen molar-refractivity contribution in [2.24, 2.45) is 23.5 Å². The molecule has 0 radical (unpaired) electrons. The van der Waals surface area contributed by atoms with Crippen molar-refractivity contribution >= 4 is 5.91 Å². The summed E-state index contributed by atoms with van der Waals surface area (Å²) in [7, 11) is 0. The van der Waals surface area contributed by atoms with Gasteiger partial charge in [0.15, 0.2) is 0 Å². The number of carbonyl (C=O) groups excluding carboxylic acids is 1. The van der Waals surface area contributed by atoms with E-state index in [2.05, 4.69) is 5.32 Å². The summed E-state index contributed by atoms with van der Waals surface area (Å²) in [6.07, 6.45) is 5.06. The Morgan fingerprint density at radius 1 is 1.16 bits per heavy atom. The van der Waals surface area contributed by atoms with Crippen LogP contribution in [0.4, 0.5) is 0 Å². The van der Waals surface area contributed by atoms with Crippen molar-refractivity contribution in [1.29, 1.82) is 0 Å². The summed E-state index contributed by atoms with van der Waals surface area (Å²) in [4.78, 5) is 14.1. The molecule has 19 heavy (non-hydrogen) atoms. The van der Waals surface area contributed by atoms with Crippen LogP contribution in [0.15, 0.2) is 0 Å². The number of amides is 1. The van der Waals surface area contributed by atoms with Crippen LogP contribution in [0.2, 0.25) is 0 Å². The van der Waals surface area contributed by atoms with E-state index in [0.717, 1.165) is 44.3 Å². The third-order valence-electron chi connectivity index (χ3n) is 4.49. The van der Waals surface area contributed by atoms with Crippen molar-refractivity contribution < 1.29 is 4.79 Å². The fourth-order valence-electron chi connectivity index (χ4n) is 2.67. The van der Waals surface area contributed by atoms with Crippen LogP contribution in [-0.2, 0) is 4.79 Å². The molecule has 110 valence electrons. The number of rotatable bonds is 6. The van der Waals surface area contributed by atoms with Crippen molar-refractivity contribution in [3.8, 4) is 0 Å². The van der Waals surface area contributed by atoms with Crippen LogP contribution in [0, 0.1) is 17.8 Å². The van der Waals surface area contributed by atoms with Crippen LogP contribution in [0.5, 0.6) is 0 Å². The second-order valence-electron chi connectivity index (χ2n) is 6.64. The Bertz CT molecular complexity index is 294. The number of likely N-dealkylation sites (tertiary alicyclic amines) is 1. The SMILES string of the molecule is CC(C)[C@H](N)C(=O)N1CCC(CNCC2CC2)CC1. The van der Waals surface area contributed by atoms with Crippen LogP contribution >= 0.6 is 0 Å². The lowest BCUT2D eigenvalue weighted by Crippen LogP contribution is -2.49. The van der Waals surface area contributed by atoms with Crippen molar-refractivity contribution in [3.63, 3.8) is 0 Å². The van der Waals surface area contributed by atoms with Gasteiger partial charge < -0.3 is 16.0 Å². The van der Waals surface area contributed by atoms with E-state index in [4.69, 9.17) is 5.73 Å². The zero-order valence-electron chi connectivity index (χ0n) is 12.4. The van der Waals surface area contributed by atoms with Gasteiger partial charge in [0, 0.05) is 13.1 Å². The van der Waals surface area contributed by atoms with Gasteiger partial charge in [-0.25, -0.2) is 0 Å². The van der Waals surface area contributed by atoms with Gasteiger partial charge in [-0.2, -0.15) is 0 Å². The molecule has 0 bridgehead atoms. The molecule has 1 atom stereocenters. The normalized spacial score (nSPS) is 22.8. The highest BCUT2D eigenvalue weighted by molar-refractivity contribution is 5.82. The van der Waals surface area contributed by atoms with Crippen LogP contribution in [0.1, 0.15) is 39.5 Å². The Morgan fingerprint density at radius 2 is 1.68 bits per heavy atom. The molecule has 1 amide bonds. The zero-order chi connectivity index (χ0) is 13.8. The first kappa shape index (κ1) is 14.8. The fraction of sp³-hybridized carbons (Fsp3) is 0.933. The quantitative estimate of drug-likeness (QED) is 0.760. The third-order valence-corrected chi connectivity index (χ3v) is 4.49. The molecule has 0 unspecified atom stereocenters. The molecule has 0 aromatic carbocycles. The van der Waals surface area contributed by atoms with Crippen LogP contribution in [-0.4, -0.2) is 43.0 Å². The minimum Gasteiger partial charge on any atom is -0.341 e. The number of carbonyl (C=O) groups is 1. The number of piperidine rings is 1. The Balaban J connectivity index is 1.64. The van der Waals surface area contributed by atoms with E-state index in [1.165, 1.54) is 19.4 Å². The molecule has 0 aromatic heterocycles. The highest BCUT2D eigenvalue weighted by atomic mass is 16.2. The highest BCUT2D eigenvalue weighted by Gasteiger charge is 2.28. The summed E-state index contributed by atoms with van der Waals surface area (Å²) in [5.74, 6) is 2.05. The lowest BCUT2D eigenvalue weighted by molar-refractivity contribution is -0.134. The molecular weight excluding hydrogens is 238 g/mol. The number of hydrogen-bond donors (Lipinski definition) is 2. The van der Waals surface area contributed by atoms with Gasteiger partial charge in [-0.3, -0.25) is 4.79 Å². The molecule has 1 saturated heterocycles. The molecule has 1 aliphatic carbocycles. The second-order valence-corrected chi connectivity index (χ2v) is 6.64. The monoisotopic (exact) mass is 267 g/mol. The van der Waals surface area contributed by atoms with Gasteiger partial charge in [0.2, 0.25) is 5.91 Å². The molecule has 3 N–H and O–H groups in total. The molecule has 0 aromatic rings. The molecule has 2 rings (SSSR count). The van der Waals surface area contributed by atoms with Crippen LogP contribution < -0.4 is 11.1 Å². The molecule has 0 spiro atoms. The van der Waals surface area contributed by atoms with E-state index in [0.29, 0.717) is 0 Å². The van der Waals surface area contributed by atoms with Crippen molar-refractivity contribution in [2.45, 2.75) is 45.6 Å². The van der Waals surface area contributed by atoms with E-state index < -0.39 is 0 Å². The molecule has 1 saturated carbocycles. The van der Waals surface area contributed by atoms with Gasteiger partial charge in [0.05, 0.1) is 6.04 Å². The topological polar surface area (TPSA) is 58.4 Å². The first-order valence-electron chi connectivity index (χ1n) is 7.83. The zero-order valence-corrected chi connectivity index (χ0v) is 12.4. The second kappa shape index (κ2) is 6.71. The van der Waals surface area contributed by atoms with Gasteiger partial charge in [-0.05, 0) is 56.5 Å². The summed E-state index contributed by atoms with van der Waals surface area (Å²) in [6.45, 7) is 8.10. The summed E-state index contributed by atoms with van der Waals surface area (Å²) < 4.78 is 0. The molecule has 1 heterocycles. The maximum atomic E-state index is 12.1. The van der Waals surface area contributed by atoms with E-state index >= 15 is 0 Å².